The van der Waals surface area contributed by atoms with E-state index in [1.165, 1.54) is 0 Å². The van der Waals surface area contributed by atoms with Gasteiger partial charge in [-0.25, -0.2) is 0 Å². The number of carboxylic acids is 1. The fourth-order valence-corrected chi connectivity index (χ4v) is 1.65. The number of nitrogens with zero attached hydrogens (tertiary/aromatic N) is 1. The van der Waals surface area contributed by atoms with Crippen LogP contribution in [0.25, 0.3) is 0 Å². The van der Waals surface area contributed by atoms with Gasteiger partial charge >= 0.3 is 5.97 Å². The SMILES string of the molecule is COc1c(C)cnc(CNCCC(=O)O)c1C. The number of carboxylic acid groups (broad SMARTS) is 1. The Hall–Kier alpha value is -1.62. The van der Waals surface area contributed by atoms with E-state index < -0.39 is 5.97 Å². The molecule has 1 heterocycles. The Morgan fingerprint density at radius 1 is 1.53 bits per heavy atom. The van der Waals surface area contributed by atoms with Crippen LogP contribution in [-0.2, 0) is 11.3 Å². The normalized spacial score (nSPS) is 10.3. The minimum Gasteiger partial charge on any atom is -0.496 e. The molecule has 5 heteroatoms. The van der Waals surface area contributed by atoms with E-state index in [-0.39, 0.29) is 6.42 Å². The Morgan fingerprint density at radius 2 is 2.24 bits per heavy atom. The van der Waals surface area contributed by atoms with Crippen molar-refractivity contribution in [3.05, 3.63) is 23.0 Å². The van der Waals surface area contributed by atoms with Gasteiger partial charge in [-0.15, -0.1) is 0 Å². The Morgan fingerprint density at radius 3 is 2.82 bits per heavy atom. The second-order valence-corrected chi connectivity index (χ2v) is 3.87. The maximum Gasteiger partial charge on any atom is 0.304 e. The van der Waals surface area contributed by atoms with Gasteiger partial charge in [0.15, 0.2) is 0 Å². The molecule has 0 saturated heterocycles. The van der Waals surface area contributed by atoms with Crippen molar-refractivity contribution in [2.75, 3.05) is 13.7 Å². The second kappa shape index (κ2) is 6.20. The fraction of sp³-hybridized carbons (Fsp3) is 0.500. The molecule has 1 aromatic heterocycles. The zero-order valence-electron chi connectivity index (χ0n) is 10.4. The van der Waals surface area contributed by atoms with Gasteiger partial charge in [-0.05, 0) is 13.8 Å². The van der Waals surface area contributed by atoms with Crippen LogP contribution in [-0.4, -0.2) is 29.7 Å². The molecule has 0 unspecified atom stereocenters. The first-order valence-corrected chi connectivity index (χ1v) is 5.47. The molecule has 94 valence electrons. The lowest BCUT2D eigenvalue weighted by Crippen LogP contribution is -2.19. The van der Waals surface area contributed by atoms with Crippen molar-refractivity contribution < 1.29 is 14.6 Å². The molecule has 0 radical (unpaired) electrons. The van der Waals surface area contributed by atoms with Gasteiger partial charge in [0.25, 0.3) is 0 Å². The van der Waals surface area contributed by atoms with E-state index in [0.717, 1.165) is 22.6 Å². The number of hydrogen-bond donors (Lipinski definition) is 2. The molecule has 0 atom stereocenters. The molecule has 0 amide bonds. The number of hydrogen-bond acceptors (Lipinski definition) is 4. The van der Waals surface area contributed by atoms with Crippen LogP contribution in [0.5, 0.6) is 5.75 Å². The molecule has 1 aromatic rings. The number of aliphatic carboxylic acids is 1. The monoisotopic (exact) mass is 238 g/mol. The maximum atomic E-state index is 10.3. The third-order valence-electron chi connectivity index (χ3n) is 2.56. The smallest absolute Gasteiger partial charge is 0.304 e. The number of aromatic nitrogens is 1. The van der Waals surface area contributed by atoms with E-state index in [1.807, 2.05) is 13.8 Å². The molecular weight excluding hydrogens is 220 g/mol. The largest absolute Gasteiger partial charge is 0.496 e. The topological polar surface area (TPSA) is 71.5 Å². The summed E-state index contributed by atoms with van der Waals surface area (Å²) < 4.78 is 5.30. The summed E-state index contributed by atoms with van der Waals surface area (Å²) >= 11 is 0. The van der Waals surface area contributed by atoms with Crippen LogP contribution in [0.15, 0.2) is 6.20 Å². The lowest BCUT2D eigenvalue weighted by molar-refractivity contribution is -0.136. The fourth-order valence-electron chi connectivity index (χ4n) is 1.65. The second-order valence-electron chi connectivity index (χ2n) is 3.87. The molecule has 0 aliphatic rings. The molecule has 0 spiro atoms. The van der Waals surface area contributed by atoms with E-state index in [0.29, 0.717) is 13.1 Å². The van der Waals surface area contributed by atoms with Gasteiger partial charge in [0.1, 0.15) is 5.75 Å². The molecule has 5 nitrogen and oxygen atoms in total. The summed E-state index contributed by atoms with van der Waals surface area (Å²) in [6.07, 6.45) is 1.88. The number of carbonyl (C=O) groups is 1. The Labute approximate surface area is 101 Å². The van der Waals surface area contributed by atoms with E-state index in [2.05, 4.69) is 10.3 Å². The summed E-state index contributed by atoms with van der Waals surface area (Å²) in [6, 6.07) is 0. The molecule has 17 heavy (non-hydrogen) atoms. The van der Waals surface area contributed by atoms with Crippen molar-refractivity contribution in [2.45, 2.75) is 26.8 Å². The maximum absolute atomic E-state index is 10.3. The number of ether oxygens (including phenoxy) is 1. The number of aryl methyl sites for hydroxylation is 1. The standard InChI is InChI=1S/C12H18N2O3/c1-8-6-14-10(9(2)12(8)17-3)7-13-5-4-11(15)16/h6,13H,4-5,7H2,1-3H3,(H,15,16). The van der Waals surface area contributed by atoms with Crippen molar-refractivity contribution >= 4 is 5.97 Å². The predicted octanol–water partition coefficient (Wildman–Crippen LogP) is 1.27. The number of pyridine rings is 1. The first-order chi connectivity index (χ1) is 8.06. The van der Waals surface area contributed by atoms with Gasteiger partial charge in [0, 0.05) is 30.4 Å². The van der Waals surface area contributed by atoms with Crippen LogP contribution < -0.4 is 10.1 Å². The Balaban J connectivity index is 2.63. The summed E-state index contributed by atoms with van der Waals surface area (Å²) in [5.74, 6) is 0.0405. The van der Waals surface area contributed by atoms with Crippen LogP contribution in [0, 0.1) is 13.8 Å². The molecule has 0 aliphatic heterocycles. The predicted molar refractivity (Wildman–Crippen MR) is 64.2 cm³/mol. The molecular formula is C12H18N2O3. The van der Waals surface area contributed by atoms with Crippen molar-refractivity contribution in [3.8, 4) is 5.75 Å². The van der Waals surface area contributed by atoms with Crippen molar-refractivity contribution in [1.82, 2.24) is 10.3 Å². The summed E-state index contributed by atoms with van der Waals surface area (Å²) in [7, 11) is 1.64. The zero-order chi connectivity index (χ0) is 12.8. The molecule has 0 fully saturated rings. The van der Waals surface area contributed by atoms with Gasteiger partial charge in [0.2, 0.25) is 0 Å². The van der Waals surface area contributed by atoms with Crippen molar-refractivity contribution in [3.63, 3.8) is 0 Å². The highest BCUT2D eigenvalue weighted by molar-refractivity contribution is 5.66. The molecule has 2 N–H and O–H groups in total. The molecule has 0 aromatic carbocycles. The lowest BCUT2D eigenvalue weighted by Gasteiger charge is -2.12. The average Bonchev–Trinajstić information content (AvgIpc) is 2.27. The molecule has 1 rings (SSSR count). The van der Waals surface area contributed by atoms with Crippen LogP contribution in [0.2, 0.25) is 0 Å². The molecule has 0 saturated carbocycles. The van der Waals surface area contributed by atoms with Gasteiger partial charge in [-0.1, -0.05) is 0 Å². The van der Waals surface area contributed by atoms with Gasteiger partial charge < -0.3 is 15.2 Å². The van der Waals surface area contributed by atoms with Gasteiger partial charge in [-0.3, -0.25) is 9.78 Å². The number of nitrogens with one attached hydrogen (secondary N) is 1. The summed E-state index contributed by atoms with van der Waals surface area (Å²) in [5, 5.41) is 11.6. The first kappa shape index (κ1) is 13.4. The minimum atomic E-state index is -0.802. The highest BCUT2D eigenvalue weighted by Gasteiger charge is 2.08. The summed E-state index contributed by atoms with van der Waals surface area (Å²) in [5.41, 5.74) is 2.88. The minimum absolute atomic E-state index is 0.113. The van der Waals surface area contributed by atoms with Crippen molar-refractivity contribution in [1.29, 1.82) is 0 Å². The molecule has 0 aliphatic carbocycles. The lowest BCUT2D eigenvalue weighted by atomic mass is 10.1. The van der Waals surface area contributed by atoms with Crippen LogP contribution in [0.1, 0.15) is 23.2 Å². The first-order valence-electron chi connectivity index (χ1n) is 5.47. The Bertz CT molecular complexity index is 405. The van der Waals surface area contributed by atoms with E-state index in [1.54, 1.807) is 13.3 Å². The highest BCUT2D eigenvalue weighted by Crippen LogP contribution is 2.23. The summed E-state index contributed by atoms with van der Waals surface area (Å²) in [6.45, 7) is 4.88. The van der Waals surface area contributed by atoms with E-state index >= 15 is 0 Å². The van der Waals surface area contributed by atoms with Gasteiger partial charge in [0.05, 0.1) is 19.2 Å². The van der Waals surface area contributed by atoms with Crippen LogP contribution in [0.3, 0.4) is 0 Å². The third kappa shape index (κ3) is 3.71. The van der Waals surface area contributed by atoms with Crippen LogP contribution >= 0.6 is 0 Å². The number of methoxy groups -OCH3 is 1. The van der Waals surface area contributed by atoms with Crippen LogP contribution in [0.4, 0.5) is 0 Å². The molecule has 0 bridgehead atoms. The Kier molecular flexibility index (Phi) is 4.90. The summed E-state index contributed by atoms with van der Waals surface area (Å²) in [4.78, 5) is 14.7. The van der Waals surface area contributed by atoms with Gasteiger partial charge in [-0.2, -0.15) is 0 Å². The van der Waals surface area contributed by atoms with Crippen molar-refractivity contribution in [2.24, 2.45) is 0 Å². The van der Waals surface area contributed by atoms with E-state index in [9.17, 15) is 4.79 Å². The van der Waals surface area contributed by atoms with E-state index in [4.69, 9.17) is 9.84 Å². The number of rotatable bonds is 6. The average molecular weight is 238 g/mol. The third-order valence-corrected chi connectivity index (χ3v) is 2.56. The highest BCUT2D eigenvalue weighted by atomic mass is 16.5. The zero-order valence-corrected chi connectivity index (χ0v) is 10.4. The quantitative estimate of drug-likeness (QED) is 0.730.